The molecule has 2 aliphatic rings. The Bertz CT molecular complexity index is 571. The van der Waals surface area contributed by atoms with E-state index in [1.807, 2.05) is 6.92 Å². The molecule has 0 spiro atoms. The molecule has 2 heteroatoms. The third kappa shape index (κ3) is 2.61. The predicted octanol–water partition coefficient (Wildman–Crippen LogP) is 4.91. The Morgan fingerprint density at radius 1 is 1.33 bits per heavy atom. The van der Waals surface area contributed by atoms with E-state index in [-0.39, 0.29) is 5.41 Å². The molecule has 0 amide bonds. The second-order valence-corrected chi connectivity index (χ2v) is 7.82. The van der Waals surface area contributed by atoms with Crippen LogP contribution in [0.3, 0.4) is 0 Å². The lowest BCUT2D eigenvalue weighted by Gasteiger charge is -2.38. The van der Waals surface area contributed by atoms with Gasteiger partial charge in [0, 0.05) is 24.4 Å². The van der Waals surface area contributed by atoms with Crippen LogP contribution in [0.1, 0.15) is 63.6 Å². The first kappa shape index (κ1) is 14.6. The summed E-state index contributed by atoms with van der Waals surface area (Å²) in [6.07, 6.45) is 4.89. The molecule has 3 rings (SSSR count). The second kappa shape index (κ2) is 5.15. The van der Waals surface area contributed by atoms with Gasteiger partial charge in [-0.05, 0) is 59.8 Å². The van der Waals surface area contributed by atoms with Gasteiger partial charge in [-0.1, -0.05) is 33.3 Å². The monoisotopic (exact) mass is 284 g/mol. The van der Waals surface area contributed by atoms with Crippen molar-refractivity contribution in [2.24, 2.45) is 11.8 Å². The molecule has 1 heterocycles. The van der Waals surface area contributed by atoms with Crippen molar-refractivity contribution >= 4 is 11.4 Å². The quantitative estimate of drug-likeness (QED) is 0.757. The lowest BCUT2D eigenvalue weighted by molar-refractivity contribution is 0.314. The largest absolute Gasteiger partial charge is 0.381 e. The Balaban J connectivity index is 1.97. The molecular formula is C19H28N2. The Morgan fingerprint density at radius 3 is 2.62 bits per heavy atom. The van der Waals surface area contributed by atoms with E-state index in [0.29, 0.717) is 0 Å². The van der Waals surface area contributed by atoms with Gasteiger partial charge in [0.25, 0.3) is 0 Å². The van der Waals surface area contributed by atoms with Gasteiger partial charge < -0.3 is 10.7 Å². The van der Waals surface area contributed by atoms with Crippen LogP contribution in [0.2, 0.25) is 0 Å². The van der Waals surface area contributed by atoms with Gasteiger partial charge in [-0.15, -0.1) is 0 Å². The molecule has 2 unspecified atom stereocenters. The average Bonchev–Trinajstić information content (AvgIpc) is 2.79. The molecule has 1 aliphatic carbocycles. The molecule has 0 saturated heterocycles. The first-order valence-electron chi connectivity index (χ1n) is 8.32. The molecule has 2 atom stereocenters. The van der Waals surface area contributed by atoms with E-state index in [9.17, 15) is 0 Å². The van der Waals surface area contributed by atoms with Crippen molar-refractivity contribution in [1.82, 2.24) is 0 Å². The summed E-state index contributed by atoms with van der Waals surface area (Å²) in [5, 5.41) is 11.2. The van der Waals surface area contributed by atoms with E-state index in [2.05, 4.69) is 38.2 Å². The predicted molar refractivity (Wildman–Crippen MR) is 90.4 cm³/mol. The molecule has 1 aromatic rings. The van der Waals surface area contributed by atoms with Crippen molar-refractivity contribution in [3.8, 4) is 0 Å². The van der Waals surface area contributed by atoms with E-state index >= 15 is 0 Å². The second-order valence-electron chi connectivity index (χ2n) is 7.82. The number of nitrogens with one attached hydrogen (secondary N) is 2. The smallest absolute Gasteiger partial charge is 0.0424 e. The highest BCUT2D eigenvalue weighted by atomic mass is 14.9. The highest BCUT2D eigenvalue weighted by molar-refractivity contribution is 5.82. The lowest BCUT2D eigenvalue weighted by atomic mass is 9.69. The van der Waals surface area contributed by atoms with Crippen LogP contribution in [0, 0.1) is 17.2 Å². The highest BCUT2D eigenvalue weighted by Gasteiger charge is 2.38. The fourth-order valence-corrected chi connectivity index (χ4v) is 4.22. The Labute approximate surface area is 128 Å². The molecule has 1 saturated carbocycles. The Kier molecular flexibility index (Phi) is 3.59. The molecular weight excluding hydrogens is 256 g/mol. The summed E-state index contributed by atoms with van der Waals surface area (Å²) >= 11 is 0. The molecule has 1 aromatic carbocycles. The molecule has 0 radical (unpaired) electrons. The standard InChI is InChI=1S/C19H28N2/c1-12-5-6-15(7-12)19(3,4)17-9-14(8-13(2)20)10-18-16(17)11-21-18/h9-10,12,15,20-21H,5-8,11H2,1-4H3. The van der Waals surface area contributed by atoms with Crippen LogP contribution in [-0.4, -0.2) is 5.71 Å². The van der Waals surface area contributed by atoms with Gasteiger partial charge in [-0.3, -0.25) is 0 Å². The summed E-state index contributed by atoms with van der Waals surface area (Å²) in [7, 11) is 0. The fourth-order valence-electron chi connectivity index (χ4n) is 4.22. The van der Waals surface area contributed by atoms with E-state index < -0.39 is 0 Å². The lowest BCUT2D eigenvalue weighted by Crippen LogP contribution is -2.32. The number of fused-ring (bicyclic) bond motifs is 1. The van der Waals surface area contributed by atoms with Crippen LogP contribution in [0.4, 0.5) is 5.69 Å². The number of anilines is 1. The van der Waals surface area contributed by atoms with Crippen molar-refractivity contribution in [3.05, 3.63) is 28.8 Å². The van der Waals surface area contributed by atoms with E-state index in [1.54, 1.807) is 0 Å². The van der Waals surface area contributed by atoms with Crippen LogP contribution >= 0.6 is 0 Å². The maximum Gasteiger partial charge on any atom is 0.0424 e. The van der Waals surface area contributed by atoms with Crippen LogP contribution < -0.4 is 5.32 Å². The average molecular weight is 284 g/mol. The van der Waals surface area contributed by atoms with E-state index in [4.69, 9.17) is 5.41 Å². The van der Waals surface area contributed by atoms with Gasteiger partial charge in [0.1, 0.15) is 0 Å². The maximum atomic E-state index is 7.77. The van der Waals surface area contributed by atoms with Crippen molar-refractivity contribution < 1.29 is 0 Å². The molecule has 1 fully saturated rings. The molecule has 0 bridgehead atoms. The molecule has 2 N–H and O–H groups in total. The molecule has 2 nitrogen and oxygen atoms in total. The summed E-state index contributed by atoms with van der Waals surface area (Å²) < 4.78 is 0. The van der Waals surface area contributed by atoms with Crippen molar-refractivity contribution in [3.63, 3.8) is 0 Å². The summed E-state index contributed by atoms with van der Waals surface area (Å²) in [6, 6.07) is 4.63. The third-order valence-corrected chi connectivity index (χ3v) is 5.64. The Morgan fingerprint density at radius 2 is 2.10 bits per heavy atom. The molecule has 21 heavy (non-hydrogen) atoms. The van der Waals surface area contributed by atoms with Gasteiger partial charge in [-0.25, -0.2) is 0 Å². The first-order chi connectivity index (χ1) is 9.88. The summed E-state index contributed by atoms with van der Waals surface area (Å²) in [4.78, 5) is 0. The Hall–Kier alpha value is -1.31. The minimum atomic E-state index is 0.253. The molecule has 1 aliphatic heterocycles. The summed E-state index contributed by atoms with van der Waals surface area (Å²) in [6.45, 7) is 10.2. The van der Waals surface area contributed by atoms with Gasteiger partial charge in [0.05, 0.1) is 0 Å². The normalized spacial score (nSPS) is 24.2. The first-order valence-corrected chi connectivity index (χ1v) is 8.32. The SMILES string of the molecule is CC(=N)Cc1cc2c(c(C(C)(C)C3CCC(C)C3)c1)CN2. The summed E-state index contributed by atoms with van der Waals surface area (Å²) in [5.41, 5.74) is 6.65. The highest BCUT2D eigenvalue weighted by Crippen LogP contribution is 2.47. The third-order valence-electron chi connectivity index (χ3n) is 5.64. The van der Waals surface area contributed by atoms with Gasteiger partial charge >= 0.3 is 0 Å². The van der Waals surface area contributed by atoms with Crippen molar-refractivity contribution in [2.75, 3.05) is 5.32 Å². The minimum absolute atomic E-state index is 0.253. The number of rotatable bonds is 4. The van der Waals surface area contributed by atoms with Crippen molar-refractivity contribution in [1.29, 1.82) is 5.41 Å². The number of hydrogen-bond donors (Lipinski definition) is 2. The van der Waals surface area contributed by atoms with Gasteiger partial charge in [0.2, 0.25) is 0 Å². The van der Waals surface area contributed by atoms with Crippen LogP contribution in [0.25, 0.3) is 0 Å². The van der Waals surface area contributed by atoms with Gasteiger partial charge in [0.15, 0.2) is 0 Å². The number of benzene rings is 1. The zero-order valence-electron chi connectivity index (χ0n) is 13.8. The fraction of sp³-hybridized carbons (Fsp3) is 0.632. The van der Waals surface area contributed by atoms with E-state index in [1.165, 1.54) is 41.6 Å². The van der Waals surface area contributed by atoms with Gasteiger partial charge in [-0.2, -0.15) is 0 Å². The summed E-state index contributed by atoms with van der Waals surface area (Å²) in [5.74, 6) is 1.68. The van der Waals surface area contributed by atoms with Crippen LogP contribution in [0.15, 0.2) is 12.1 Å². The zero-order valence-corrected chi connectivity index (χ0v) is 13.8. The minimum Gasteiger partial charge on any atom is -0.381 e. The van der Waals surface area contributed by atoms with Crippen LogP contribution in [-0.2, 0) is 18.4 Å². The zero-order chi connectivity index (χ0) is 15.2. The molecule has 0 aromatic heterocycles. The topological polar surface area (TPSA) is 35.9 Å². The number of hydrogen-bond acceptors (Lipinski definition) is 2. The van der Waals surface area contributed by atoms with E-state index in [0.717, 1.165) is 30.5 Å². The molecule has 114 valence electrons. The van der Waals surface area contributed by atoms with Crippen LogP contribution in [0.5, 0.6) is 0 Å². The maximum absolute atomic E-state index is 7.77. The van der Waals surface area contributed by atoms with Crippen molar-refractivity contribution in [2.45, 2.75) is 65.3 Å².